The van der Waals surface area contributed by atoms with Gasteiger partial charge in [-0.3, -0.25) is 10.1 Å². The standard InChI is InChI=1S/C10H5BrFN3O3/c11-6-4-13-10(14-5-6)18-9-7(12)2-1-3-8(9)15(16)17/h1-5H. The summed E-state index contributed by atoms with van der Waals surface area (Å²) in [4.78, 5) is 17.5. The summed E-state index contributed by atoms with van der Waals surface area (Å²) in [6.45, 7) is 0. The number of para-hydroxylation sites is 1. The van der Waals surface area contributed by atoms with Crippen LogP contribution in [0.5, 0.6) is 11.8 Å². The summed E-state index contributed by atoms with van der Waals surface area (Å²) in [6.07, 6.45) is 2.77. The topological polar surface area (TPSA) is 78.2 Å². The molecule has 0 saturated heterocycles. The second kappa shape index (κ2) is 5.05. The van der Waals surface area contributed by atoms with Gasteiger partial charge in [-0.2, -0.15) is 0 Å². The minimum atomic E-state index is -0.851. The van der Waals surface area contributed by atoms with Crippen LogP contribution in [0.25, 0.3) is 0 Å². The number of nitrogens with zero attached hydrogens (tertiary/aromatic N) is 3. The lowest BCUT2D eigenvalue weighted by atomic mass is 10.3. The second-order valence-corrected chi connectivity index (χ2v) is 4.05. The Morgan fingerprint density at radius 3 is 2.61 bits per heavy atom. The van der Waals surface area contributed by atoms with Gasteiger partial charge in [-0.05, 0) is 22.0 Å². The first kappa shape index (κ1) is 12.4. The van der Waals surface area contributed by atoms with Gasteiger partial charge in [0.05, 0.1) is 9.40 Å². The third-order valence-corrected chi connectivity index (χ3v) is 2.34. The molecule has 0 unspecified atom stereocenters. The molecule has 0 aliphatic carbocycles. The van der Waals surface area contributed by atoms with Crippen molar-refractivity contribution in [2.24, 2.45) is 0 Å². The summed E-state index contributed by atoms with van der Waals surface area (Å²) < 4.78 is 19.1. The molecule has 18 heavy (non-hydrogen) atoms. The smallest absolute Gasteiger partial charge is 0.322 e. The van der Waals surface area contributed by atoms with Crippen LogP contribution < -0.4 is 4.74 Å². The van der Waals surface area contributed by atoms with Gasteiger partial charge in [-0.1, -0.05) is 6.07 Å². The van der Waals surface area contributed by atoms with Crippen LogP contribution in [0.2, 0.25) is 0 Å². The van der Waals surface area contributed by atoms with Gasteiger partial charge in [0, 0.05) is 18.5 Å². The minimum Gasteiger partial charge on any atom is -0.414 e. The normalized spacial score (nSPS) is 10.1. The van der Waals surface area contributed by atoms with Crippen LogP contribution >= 0.6 is 15.9 Å². The van der Waals surface area contributed by atoms with Crippen molar-refractivity contribution >= 4 is 21.6 Å². The van der Waals surface area contributed by atoms with Crippen molar-refractivity contribution < 1.29 is 14.1 Å². The number of nitro groups is 1. The molecule has 1 heterocycles. The number of halogens is 2. The fourth-order valence-corrected chi connectivity index (χ4v) is 1.39. The molecule has 0 radical (unpaired) electrons. The first-order valence-electron chi connectivity index (χ1n) is 4.66. The first-order chi connectivity index (χ1) is 8.58. The van der Waals surface area contributed by atoms with E-state index in [4.69, 9.17) is 4.74 Å². The van der Waals surface area contributed by atoms with Crippen molar-refractivity contribution in [3.63, 3.8) is 0 Å². The summed E-state index contributed by atoms with van der Waals surface area (Å²) in [5, 5.41) is 10.7. The fourth-order valence-electron chi connectivity index (χ4n) is 1.19. The Kier molecular flexibility index (Phi) is 3.47. The van der Waals surface area contributed by atoms with Crippen LogP contribution in [0.3, 0.4) is 0 Å². The van der Waals surface area contributed by atoms with Crippen molar-refractivity contribution in [2.45, 2.75) is 0 Å². The molecule has 92 valence electrons. The van der Waals surface area contributed by atoms with Crippen molar-refractivity contribution in [1.29, 1.82) is 0 Å². The monoisotopic (exact) mass is 313 g/mol. The molecule has 0 saturated carbocycles. The fraction of sp³-hybridized carbons (Fsp3) is 0. The lowest BCUT2D eigenvalue weighted by Gasteiger charge is -2.04. The Morgan fingerprint density at radius 1 is 1.33 bits per heavy atom. The number of hydrogen-bond donors (Lipinski definition) is 0. The van der Waals surface area contributed by atoms with E-state index in [0.717, 1.165) is 12.1 Å². The largest absolute Gasteiger partial charge is 0.414 e. The van der Waals surface area contributed by atoms with E-state index in [9.17, 15) is 14.5 Å². The Hall–Kier alpha value is -2.09. The molecular weight excluding hydrogens is 309 g/mol. The Labute approximate surface area is 109 Å². The molecule has 2 aromatic rings. The number of nitro benzene ring substituents is 1. The summed E-state index contributed by atoms with van der Waals surface area (Å²) in [6, 6.07) is 3.24. The number of aromatic nitrogens is 2. The second-order valence-electron chi connectivity index (χ2n) is 3.13. The zero-order valence-electron chi connectivity index (χ0n) is 8.71. The first-order valence-corrected chi connectivity index (χ1v) is 5.45. The van der Waals surface area contributed by atoms with E-state index in [2.05, 4.69) is 25.9 Å². The van der Waals surface area contributed by atoms with E-state index in [0.29, 0.717) is 4.47 Å². The van der Waals surface area contributed by atoms with E-state index >= 15 is 0 Å². The lowest BCUT2D eigenvalue weighted by molar-refractivity contribution is -0.385. The van der Waals surface area contributed by atoms with E-state index in [1.807, 2.05) is 0 Å². The molecular formula is C10H5BrFN3O3. The molecule has 0 spiro atoms. The van der Waals surface area contributed by atoms with E-state index < -0.39 is 22.2 Å². The molecule has 1 aromatic carbocycles. The van der Waals surface area contributed by atoms with Crippen LogP contribution in [0, 0.1) is 15.9 Å². The van der Waals surface area contributed by atoms with Crippen molar-refractivity contribution in [3.05, 3.63) is 51.0 Å². The van der Waals surface area contributed by atoms with Crippen molar-refractivity contribution in [3.8, 4) is 11.8 Å². The Bertz CT molecular complexity index is 591. The van der Waals surface area contributed by atoms with Crippen LogP contribution in [0.4, 0.5) is 10.1 Å². The SMILES string of the molecule is O=[N+]([O-])c1cccc(F)c1Oc1ncc(Br)cn1. The summed E-state index contributed by atoms with van der Waals surface area (Å²) in [7, 11) is 0. The Balaban J connectivity index is 2.39. The number of ether oxygens (including phenoxy) is 1. The molecule has 0 fully saturated rings. The van der Waals surface area contributed by atoms with E-state index in [-0.39, 0.29) is 6.01 Å². The zero-order chi connectivity index (χ0) is 13.1. The molecule has 0 amide bonds. The van der Waals surface area contributed by atoms with Crippen LogP contribution in [-0.4, -0.2) is 14.9 Å². The average Bonchev–Trinajstić information content (AvgIpc) is 2.34. The zero-order valence-corrected chi connectivity index (χ0v) is 10.3. The summed E-state index contributed by atoms with van der Waals surface area (Å²) in [5.41, 5.74) is -0.485. The highest BCUT2D eigenvalue weighted by Gasteiger charge is 2.20. The molecule has 2 rings (SSSR count). The van der Waals surface area contributed by atoms with Crippen LogP contribution in [-0.2, 0) is 0 Å². The maximum Gasteiger partial charge on any atom is 0.322 e. The number of hydrogen-bond acceptors (Lipinski definition) is 5. The van der Waals surface area contributed by atoms with Gasteiger partial charge in [-0.25, -0.2) is 14.4 Å². The third kappa shape index (κ3) is 2.59. The van der Waals surface area contributed by atoms with Gasteiger partial charge in [0.25, 0.3) is 0 Å². The van der Waals surface area contributed by atoms with Crippen LogP contribution in [0.15, 0.2) is 35.1 Å². The van der Waals surface area contributed by atoms with Gasteiger partial charge in [0.2, 0.25) is 5.75 Å². The van der Waals surface area contributed by atoms with Crippen LogP contribution in [0.1, 0.15) is 0 Å². The maximum absolute atomic E-state index is 13.5. The highest BCUT2D eigenvalue weighted by Crippen LogP contribution is 2.32. The summed E-state index contributed by atoms with van der Waals surface area (Å²) >= 11 is 3.12. The Morgan fingerprint density at radius 2 is 2.00 bits per heavy atom. The molecule has 0 aliphatic rings. The van der Waals surface area contributed by atoms with E-state index in [1.54, 1.807) is 0 Å². The lowest BCUT2D eigenvalue weighted by Crippen LogP contribution is -1.98. The van der Waals surface area contributed by atoms with Gasteiger partial charge < -0.3 is 4.74 Å². The molecule has 0 bridgehead atoms. The third-order valence-electron chi connectivity index (χ3n) is 1.93. The van der Waals surface area contributed by atoms with Gasteiger partial charge in [0.15, 0.2) is 5.82 Å². The highest BCUT2D eigenvalue weighted by atomic mass is 79.9. The molecule has 8 heteroatoms. The summed E-state index contributed by atoms with van der Waals surface area (Å²) in [5.74, 6) is -1.36. The highest BCUT2D eigenvalue weighted by molar-refractivity contribution is 9.10. The number of benzene rings is 1. The maximum atomic E-state index is 13.5. The molecule has 0 aliphatic heterocycles. The van der Waals surface area contributed by atoms with E-state index in [1.165, 1.54) is 18.5 Å². The molecule has 0 atom stereocenters. The molecule has 0 N–H and O–H groups in total. The van der Waals surface area contributed by atoms with Gasteiger partial charge in [0.1, 0.15) is 0 Å². The van der Waals surface area contributed by atoms with Gasteiger partial charge >= 0.3 is 11.7 Å². The predicted molar refractivity (Wildman–Crippen MR) is 62.9 cm³/mol. The average molecular weight is 314 g/mol. The molecule has 6 nitrogen and oxygen atoms in total. The van der Waals surface area contributed by atoms with Crippen molar-refractivity contribution in [2.75, 3.05) is 0 Å². The predicted octanol–water partition coefficient (Wildman–Crippen LogP) is 3.08. The number of rotatable bonds is 3. The minimum absolute atomic E-state index is 0.175. The van der Waals surface area contributed by atoms with Crippen molar-refractivity contribution in [1.82, 2.24) is 9.97 Å². The van der Waals surface area contributed by atoms with Gasteiger partial charge in [-0.15, -0.1) is 0 Å². The quantitative estimate of drug-likeness (QED) is 0.642. The molecule has 1 aromatic heterocycles.